The number of fused-ring (bicyclic) bond motifs is 3. The third-order valence-electron chi connectivity index (χ3n) is 16.8. The van der Waals surface area contributed by atoms with Crippen LogP contribution in [-0.4, -0.2) is 168 Å². The van der Waals surface area contributed by atoms with Gasteiger partial charge < -0.3 is 61.6 Å². The first-order valence-corrected chi connectivity index (χ1v) is 31.8. The zero-order chi connectivity index (χ0) is 64.7. The van der Waals surface area contributed by atoms with Crippen molar-refractivity contribution in [2.45, 2.75) is 145 Å². The number of rotatable bonds is 23. The molecule has 12 rings (SSSR count). The lowest BCUT2D eigenvalue weighted by Crippen LogP contribution is -2.72. The number of hydrogen-bond acceptors (Lipinski definition) is 21. The summed E-state index contributed by atoms with van der Waals surface area (Å²) in [5.41, 5.74) is 2.57. The molecule has 0 N–H and O–H groups in total. The number of ether oxygens (including phenoxy) is 13. The number of benzene rings is 6. The Labute approximate surface area is 540 Å². The lowest BCUT2D eigenvalue weighted by Gasteiger charge is -2.53. The molecule has 4 fully saturated rings. The minimum absolute atomic E-state index is 0.0202. The van der Waals surface area contributed by atoms with Gasteiger partial charge in [0.15, 0.2) is 31.1 Å². The van der Waals surface area contributed by atoms with Gasteiger partial charge in [-0.15, -0.1) is 11.8 Å². The Kier molecular flexibility index (Phi) is 20.6. The predicted octanol–water partition coefficient (Wildman–Crippen LogP) is 7.94. The summed E-state index contributed by atoms with van der Waals surface area (Å²) in [4.78, 5) is 102. The van der Waals surface area contributed by atoms with Crippen LogP contribution in [0.25, 0.3) is 0 Å². The molecule has 4 amide bonds. The van der Waals surface area contributed by atoms with E-state index in [1.807, 2.05) is 104 Å². The molecule has 0 aliphatic carbocycles. The normalized spacial score (nSPS) is 29.1. The maximum Gasteiger partial charge on any atom is 0.303 e. The van der Waals surface area contributed by atoms with Crippen molar-refractivity contribution in [2.24, 2.45) is 0 Å². The van der Waals surface area contributed by atoms with Crippen LogP contribution in [0.2, 0.25) is 0 Å². The second-order valence-corrected chi connectivity index (χ2v) is 24.3. The number of carbonyl (C=O) groups is 7. The molecular formula is C70H70N2O20S. The Morgan fingerprint density at radius 1 is 0.462 bits per heavy atom. The van der Waals surface area contributed by atoms with Gasteiger partial charge >= 0.3 is 17.9 Å². The number of thioether (sulfide) groups is 1. The summed E-state index contributed by atoms with van der Waals surface area (Å²) in [6.07, 6.45) is -17.5. The second-order valence-electron chi connectivity index (χ2n) is 23.0. The fourth-order valence-corrected chi connectivity index (χ4v) is 13.6. The van der Waals surface area contributed by atoms with Crippen molar-refractivity contribution in [3.63, 3.8) is 0 Å². The van der Waals surface area contributed by atoms with E-state index in [2.05, 4.69) is 0 Å². The topological polar surface area (TPSA) is 246 Å². The van der Waals surface area contributed by atoms with E-state index >= 15 is 9.59 Å². The molecule has 0 saturated carbocycles. The van der Waals surface area contributed by atoms with Gasteiger partial charge in [-0.05, 0) is 46.7 Å². The molecule has 6 aromatic rings. The average Bonchev–Trinajstić information content (AvgIpc) is 1.71. The van der Waals surface area contributed by atoms with Gasteiger partial charge in [-0.3, -0.25) is 43.4 Å². The molecule has 23 heteroatoms. The fourth-order valence-electron chi connectivity index (χ4n) is 12.7. The maximum atomic E-state index is 15.4. The first-order valence-electron chi connectivity index (χ1n) is 30.8. The van der Waals surface area contributed by atoms with Gasteiger partial charge in [0.1, 0.15) is 73.0 Å². The molecule has 0 aromatic heterocycles. The van der Waals surface area contributed by atoms with Crippen molar-refractivity contribution in [3.8, 4) is 0 Å². The third kappa shape index (κ3) is 14.2. The molecule has 486 valence electrons. The van der Waals surface area contributed by atoms with Crippen molar-refractivity contribution >= 4 is 53.3 Å². The van der Waals surface area contributed by atoms with Crippen LogP contribution in [0.4, 0.5) is 0 Å². The molecule has 0 spiro atoms. The minimum atomic E-state index is -1.98. The first-order chi connectivity index (χ1) is 45.2. The van der Waals surface area contributed by atoms with E-state index in [1.165, 1.54) is 36.0 Å². The van der Waals surface area contributed by atoms with Crippen LogP contribution in [0.3, 0.4) is 0 Å². The summed E-state index contributed by atoms with van der Waals surface area (Å²) in [6.45, 7) is 4.55. The van der Waals surface area contributed by atoms with Gasteiger partial charge in [-0.1, -0.05) is 153 Å². The van der Waals surface area contributed by atoms with E-state index in [1.54, 1.807) is 48.5 Å². The zero-order valence-electron chi connectivity index (χ0n) is 51.3. The van der Waals surface area contributed by atoms with Crippen molar-refractivity contribution in [2.75, 3.05) is 25.6 Å². The molecule has 4 saturated heterocycles. The van der Waals surface area contributed by atoms with E-state index in [0.29, 0.717) is 11.3 Å². The van der Waals surface area contributed by atoms with Crippen LogP contribution in [0, 0.1) is 0 Å². The highest BCUT2D eigenvalue weighted by Gasteiger charge is 2.63. The molecule has 16 atom stereocenters. The van der Waals surface area contributed by atoms with Crippen molar-refractivity contribution in [1.29, 1.82) is 0 Å². The summed E-state index contributed by atoms with van der Waals surface area (Å²) < 4.78 is 87.1. The summed E-state index contributed by atoms with van der Waals surface area (Å²) in [6, 6.07) is 46.6. The third-order valence-corrected chi connectivity index (χ3v) is 17.8. The van der Waals surface area contributed by atoms with Crippen molar-refractivity contribution in [3.05, 3.63) is 214 Å². The van der Waals surface area contributed by atoms with Gasteiger partial charge in [0.05, 0.1) is 55.3 Å². The molecule has 0 bridgehead atoms. The Balaban J connectivity index is 0.982. The van der Waals surface area contributed by atoms with E-state index in [0.717, 1.165) is 47.3 Å². The van der Waals surface area contributed by atoms with Gasteiger partial charge in [-0.2, -0.15) is 0 Å². The Bertz CT molecular complexity index is 3560. The smallest absolute Gasteiger partial charge is 0.303 e. The van der Waals surface area contributed by atoms with Gasteiger partial charge in [0.25, 0.3) is 23.6 Å². The van der Waals surface area contributed by atoms with Crippen molar-refractivity contribution in [1.82, 2.24) is 9.80 Å². The van der Waals surface area contributed by atoms with Crippen LogP contribution in [-0.2, 0) is 95.8 Å². The quantitative estimate of drug-likeness (QED) is 0.0335. The summed E-state index contributed by atoms with van der Waals surface area (Å²) in [7, 11) is 0. The minimum Gasteiger partial charge on any atom is -0.463 e. The van der Waals surface area contributed by atoms with Gasteiger partial charge in [0.2, 0.25) is 0 Å². The Hall–Kier alpha value is -8.04. The van der Waals surface area contributed by atoms with E-state index < -0.39 is 146 Å². The zero-order valence-corrected chi connectivity index (χ0v) is 52.1. The molecule has 6 aliphatic rings. The van der Waals surface area contributed by atoms with Crippen molar-refractivity contribution < 1.29 is 95.1 Å². The van der Waals surface area contributed by atoms with Crippen LogP contribution >= 0.6 is 11.8 Å². The SMILES string of the molecule is CCS[C@@H]1O[C@H](CO[C@@H]2O[C@@H]3COC(c4ccccc4)O[C@H]3[C@H](O[C@@H]3O[C@H](COC(C)=O)[C@@H](OC(C)=O)[C@H](OC(C)=O)[C@H]3N3C(=O)c4ccccc4C3=O)[C@H]2N2C(=O)c3ccccc3C2=O)[C@@H](OCc2ccccc2)[C@H](OCc2ccccc2)[C@H]1OCc1ccccc1. The Morgan fingerprint density at radius 2 is 0.914 bits per heavy atom. The van der Waals surface area contributed by atoms with E-state index in [-0.39, 0.29) is 55.3 Å². The molecule has 22 nitrogen and oxygen atoms in total. The lowest BCUT2D eigenvalue weighted by atomic mass is 9.92. The number of hydrogen-bond donors (Lipinski definition) is 0. The average molecular weight is 1290 g/mol. The molecule has 6 aromatic carbocycles. The lowest BCUT2D eigenvalue weighted by molar-refractivity contribution is -0.379. The monoisotopic (exact) mass is 1290 g/mol. The first kappa shape index (κ1) is 65.0. The predicted molar refractivity (Wildman–Crippen MR) is 329 cm³/mol. The van der Waals surface area contributed by atoms with E-state index in [9.17, 15) is 24.0 Å². The highest BCUT2D eigenvalue weighted by atomic mass is 32.2. The molecule has 1 unspecified atom stereocenters. The summed E-state index contributed by atoms with van der Waals surface area (Å²) in [5.74, 6) is -5.29. The largest absolute Gasteiger partial charge is 0.463 e. The molecule has 6 heterocycles. The maximum absolute atomic E-state index is 15.4. The summed E-state index contributed by atoms with van der Waals surface area (Å²) >= 11 is 1.50. The summed E-state index contributed by atoms with van der Waals surface area (Å²) in [5, 5.41) is 0. The number of nitrogens with zero attached hydrogens (tertiary/aromatic N) is 2. The molecule has 93 heavy (non-hydrogen) atoms. The van der Waals surface area contributed by atoms with E-state index in [4.69, 9.17) is 61.6 Å². The number of amides is 4. The van der Waals surface area contributed by atoms with Crippen LogP contribution in [0.5, 0.6) is 0 Å². The highest BCUT2D eigenvalue weighted by molar-refractivity contribution is 7.99. The molecule has 0 radical (unpaired) electrons. The number of esters is 3. The number of imide groups is 2. The van der Waals surface area contributed by atoms with Crippen LogP contribution in [0.15, 0.2) is 170 Å². The van der Waals surface area contributed by atoms with Gasteiger partial charge in [-0.25, -0.2) is 0 Å². The fraction of sp³-hybridized carbons (Fsp3) is 0.386. The molecule has 6 aliphatic heterocycles. The van der Waals surface area contributed by atoms with Crippen LogP contribution in [0.1, 0.15) is 97.7 Å². The molecular weight excluding hydrogens is 1220 g/mol. The second kappa shape index (κ2) is 29.5. The van der Waals surface area contributed by atoms with Gasteiger partial charge in [0, 0.05) is 26.3 Å². The number of carbonyl (C=O) groups excluding carboxylic acids is 7. The standard InChI is InChI=1S/C70H70N2O20S/c1-5-93-70-62(83-36-45-26-14-8-15-27-45)61(82-35-44-24-12-7-13-25-44)56(81-34-43-22-10-6-11-23-43)51(90-70)38-85-68-54(71-63(76)47-30-18-19-31-48(47)64(71)77)60(58-53(88-68)39-84-67(91-58)46-28-16-9-17-29-46)92-69-55(72-65(78)49-32-20-21-33-50(49)66(72)79)59(87-42(4)75)57(86-41(3)74)52(89-69)37-80-40(2)73/h6-33,51-62,67-70H,5,34-39H2,1-4H3/t51-,52-,53-,54-,55-,56-,57-,58-,59-,60-,61+,62-,67?,68-,69+,70+/m1/s1. The van der Waals surface area contributed by atoms with Crippen LogP contribution < -0.4 is 0 Å². The Morgan fingerprint density at radius 3 is 1.41 bits per heavy atom. The highest BCUT2D eigenvalue weighted by Crippen LogP contribution is 2.44.